The number of pyridine rings is 1. The second-order valence-corrected chi connectivity index (χ2v) is 9.63. The number of rotatable bonds is 6. The predicted octanol–water partition coefficient (Wildman–Crippen LogP) is 5.70. The average molecular weight is 529 g/mol. The van der Waals surface area contributed by atoms with Crippen molar-refractivity contribution in [3.05, 3.63) is 138 Å². The number of carbonyl (C=O) groups is 2. The van der Waals surface area contributed by atoms with Crippen molar-refractivity contribution >= 4 is 17.5 Å². The second-order valence-electron chi connectivity index (χ2n) is 9.63. The number of nitrogens with zero attached hydrogens (tertiary/aromatic N) is 3. The summed E-state index contributed by atoms with van der Waals surface area (Å²) in [6, 6.07) is 30.8. The van der Waals surface area contributed by atoms with Crippen molar-refractivity contribution in [2.75, 3.05) is 12.0 Å². The van der Waals surface area contributed by atoms with Gasteiger partial charge < -0.3 is 19.5 Å². The quantitative estimate of drug-likeness (QED) is 0.307. The van der Waals surface area contributed by atoms with Gasteiger partial charge in [-0.1, -0.05) is 48.5 Å². The molecule has 0 fully saturated rings. The Morgan fingerprint density at radius 3 is 2.40 bits per heavy atom. The standard InChI is InChI=1S/C33H28N4O3/c1-40-31-9-5-3-7-28(31)24-10-12-25(13-11-24)33(39)37-22-27-14-15-30(32(38)35-20-23-16-18-34-19-17-23)36(27)21-26-6-2-4-8-29(26)37/h2-19H,20-22H2,1H3,(H,35,38). The summed E-state index contributed by atoms with van der Waals surface area (Å²) in [5, 5.41) is 3.01. The van der Waals surface area contributed by atoms with Gasteiger partial charge in [-0.25, -0.2) is 0 Å². The van der Waals surface area contributed by atoms with Crippen LogP contribution in [0.1, 0.15) is 37.7 Å². The van der Waals surface area contributed by atoms with Crippen LogP contribution in [0.15, 0.2) is 109 Å². The molecule has 0 saturated carbocycles. The number of methoxy groups -OCH3 is 1. The molecule has 7 heteroatoms. The lowest BCUT2D eigenvalue weighted by molar-refractivity contribution is 0.0941. The van der Waals surface area contributed by atoms with Gasteiger partial charge in [0.15, 0.2) is 0 Å². The Labute approximate surface area is 232 Å². The molecule has 7 nitrogen and oxygen atoms in total. The Morgan fingerprint density at radius 1 is 0.850 bits per heavy atom. The minimum absolute atomic E-state index is 0.0997. The summed E-state index contributed by atoms with van der Waals surface area (Å²) in [5.41, 5.74) is 6.78. The molecule has 0 saturated heterocycles. The molecule has 2 aromatic heterocycles. The highest BCUT2D eigenvalue weighted by Crippen LogP contribution is 2.32. The molecule has 0 atom stereocenters. The van der Waals surface area contributed by atoms with E-state index >= 15 is 0 Å². The summed E-state index contributed by atoms with van der Waals surface area (Å²) in [7, 11) is 1.65. The maximum absolute atomic E-state index is 13.9. The Hall–Kier alpha value is -5.17. The van der Waals surface area contributed by atoms with Crippen molar-refractivity contribution in [1.29, 1.82) is 0 Å². The van der Waals surface area contributed by atoms with Crippen molar-refractivity contribution in [3.63, 3.8) is 0 Å². The van der Waals surface area contributed by atoms with Gasteiger partial charge in [0.2, 0.25) is 0 Å². The largest absolute Gasteiger partial charge is 0.496 e. The molecular weight excluding hydrogens is 500 g/mol. The van der Waals surface area contributed by atoms with E-state index in [4.69, 9.17) is 4.74 Å². The number of carbonyl (C=O) groups excluding carboxylic acids is 2. The van der Waals surface area contributed by atoms with E-state index in [1.54, 1.807) is 24.4 Å². The monoisotopic (exact) mass is 528 g/mol. The molecule has 2 amide bonds. The molecule has 1 aliphatic rings. The van der Waals surface area contributed by atoms with E-state index in [-0.39, 0.29) is 11.8 Å². The number of anilines is 1. The molecule has 198 valence electrons. The number of hydrogen-bond acceptors (Lipinski definition) is 4. The van der Waals surface area contributed by atoms with Gasteiger partial charge in [-0.05, 0) is 65.2 Å². The second kappa shape index (κ2) is 10.9. The number of fused-ring (bicyclic) bond motifs is 2. The lowest BCUT2D eigenvalue weighted by Crippen LogP contribution is -2.30. The fraction of sp³-hybridized carbons (Fsp3) is 0.121. The Bertz CT molecular complexity index is 1680. The van der Waals surface area contributed by atoms with Crippen LogP contribution in [0.2, 0.25) is 0 Å². The van der Waals surface area contributed by atoms with E-state index in [1.165, 1.54) is 0 Å². The SMILES string of the molecule is COc1ccccc1-c1ccc(C(=O)N2Cc3ccc(C(=O)NCc4ccncc4)n3Cc3ccccc32)cc1. The summed E-state index contributed by atoms with van der Waals surface area (Å²) in [6.45, 7) is 1.25. The van der Waals surface area contributed by atoms with Gasteiger partial charge >= 0.3 is 0 Å². The van der Waals surface area contributed by atoms with Crippen molar-refractivity contribution in [3.8, 4) is 16.9 Å². The van der Waals surface area contributed by atoms with Crippen LogP contribution in [0.4, 0.5) is 5.69 Å². The van der Waals surface area contributed by atoms with E-state index < -0.39 is 0 Å². The maximum Gasteiger partial charge on any atom is 0.268 e. The molecular formula is C33H28N4O3. The smallest absolute Gasteiger partial charge is 0.268 e. The van der Waals surface area contributed by atoms with Gasteiger partial charge in [-0.15, -0.1) is 0 Å². The first-order chi connectivity index (χ1) is 19.6. The fourth-order valence-corrected chi connectivity index (χ4v) is 5.14. The molecule has 0 aliphatic carbocycles. The summed E-state index contributed by atoms with van der Waals surface area (Å²) in [6.07, 6.45) is 3.42. The molecule has 40 heavy (non-hydrogen) atoms. The first-order valence-electron chi connectivity index (χ1n) is 13.1. The summed E-state index contributed by atoms with van der Waals surface area (Å²) in [5.74, 6) is 0.522. The minimum Gasteiger partial charge on any atom is -0.496 e. The number of nitrogens with one attached hydrogen (secondary N) is 1. The normalized spacial score (nSPS) is 12.2. The van der Waals surface area contributed by atoms with Gasteiger partial charge in [0.05, 0.1) is 20.2 Å². The van der Waals surface area contributed by atoms with Gasteiger partial charge in [-0.3, -0.25) is 14.6 Å². The molecule has 3 heterocycles. The first kappa shape index (κ1) is 25.1. The van der Waals surface area contributed by atoms with Crippen molar-refractivity contribution in [2.45, 2.75) is 19.6 Å². The lowest BCUT2D eigenvalue weighted by atomic mass is 10.0. The highest BCUT2D eigenvalue weighted by atomic mass is 16.5. The van der Waals surface area contributed by atoms with Crippen LogP contribution in [0.5, 0.6) is 5.75 Å². The number of hydrogen-bond donors (Lipinski definition) is 1. The minimum atomic E-state index is -0.160. The number of para-hydroxylation sites is 2. The third-order valence-corrected chi connectivity index (χ3v) is 7.23. The number of amides is 2. The molecule has 0 spiro atoms. The van der Waals surface area contributed by atoms with Crippen LogP contribution in [0.25, 0.3) is 11.1 Å². The van der Waals surface area contributed by atoms with Crippen molar-refractivity contribution in [2.24, 2.45) is 0 Å². The van der Waals surface area contributed by atoms with Crippen LogP contribution >= 0.6 is 0 Å². The highest BCUT2D eigenvalue weighted by Gasteiger charge is 2.27. The molecule has 5 aromatic rings. The number of ether oxygens (including phenoxy) is 1. The van der Waals surface area contributed by atoms with E-state index in [0.717, 1.165) is 39.4 Å². The van der Waals surface area contributed by atoms with Gasteiger partial charge in [0.25, 0.3) is 11.8 Å². The van der Waals surface area contributed by atoms with Crippen LogP contribution in [-0.4, -0.2) is 28.5 Å². The maximum atomic E-state index is 13.9. The van der Waals surface area contributed by atoms with Crippen LogP contribution in [0, 0.1) is 0 Å². The Balaban J connectivity index is 1.28. The molecule has 0 unspecified atom stereocenters. The Kier molecular flexibility index (Phi) is 6.85. The first-order valence-corrected chi connectivity index (χ1v) is 13.1. The van der Waals surface area contributed by atoms with Crippen molar-refractivity contribution < 1.29 is 14.3 Å². The van der Waals surface area contributed by atoms with Gasteiger partial charge in [-0.2, -0.15) is 0 Å². The molecule has 0 bridgehead atoms. The fourth-order valence-electron chi connectivity index (χ4n) is 5.14. The third kappa shape index (κ3) is 4.85. The number of benzene rings is 3. The third-order valence-electron chi connectivity index (χ3n) is 7.23. The van der Waals surface area contributed by atoms with Crippen LogP contribution in [0.3, 0.4) is 0 Å². The Morgan fingerprint density at radius 2 is 1.60 bits per heavy atom. The summed E-state index contributed by atoms with van der Waals surface area (Å²) >= 11 is 0. The molecule has 0 radical (unpaired) electrons. The lowest BCUT2D eigenvalue weighted by Gasteiger charge is -2.23. The zero-order chi connectivity index (χ0) is 27.5. The van der Waals surface area contributed by atoms with Gasteiger partial charge in [0, 0.05) is 41.4 Å². The number of aromatic nitrogens is 2. The van der Waals surface area contributed by atoms with Gasteiger partial charge in [0.1, 0.15) is 11.4 Å². The average Bonchev–Trinajstić information content (AvgIpc) is 3.33. The van der Waals surface area contributed by atoms with E-state index in [0.29, 0.717) is 30.9 Å². The zero-order valence-electron chi connectivity index (χ0n) is 22.1. The molecule has 6 rings (SSSR count). The van der Waals surface area contributed by atoms with E-state index in [9.17, 15) is 9.59 Å². The van der Waals surface area contributed by atoms with E-state index in [2.05, 4.69) is 10.3 Å². The summed E-state index contributed by atoms with van der Waals surface area (Å²) < 4.78 is 7.51. The molecule has 3 aromatic carbocycles. The zero-order valence-corrected chi connectivity index (χ0v) is 22.1. The predicted molar refractivity (Wildman–Crippen MR) is 154 cm³/mol. The van der Waals surface area contributed by atoms with Crippen molar-refractivity contribution in [1.82, 2.24) is 14.9 Å². The molecule has 1 aliphatic heterocycles. The highest BCUT2D eigenvalue weighted by molar-refractivity contribution is 6.07. The van der Waals surface area contributed by atoms with Crippen LogP contribution < -0.4 is 15.0 Å². The van der Waals surface area contributed by atoms with Crippen LogP contribution in [-0.2, 0) is 19.6 Å². The van der Waals surface area contributed by atoms with E-state index in [1.807, 2.05) is 102 Å². The topological polar surface area (TPSA) is 76.5 Å². The summed E-state index contributed by atoms with van der Waals surface area (Å²) in [4.78, 5) is 32.9. The molecule has 1 N–H and O–H groups in total.